The number of aromatic nitrogens is 2. The Morgan fingerprint density at radius 2 is 1.92 bits per heavy atom. The molecule has 1 amide bonds. The Morgan fingerprint density at radius 1 is 1.12 bits per heavy atom. The van der Waals surface area contributed by atoms with Crippen LogP contribution in [0.25, 0.3) is 11.0 Å². The molecule has 0 bridgehead atoms. The van der Waals surface area contributed by atoms with Gasteiger partial charge in [0.05, 0.1) is 12.7 Å². The predicted molar refractivity (Wildman–Crippen MR) is 99.6 cm³/mol. The zero-order chi connectivity index (χ0) is 17.2. The number of benzene rings is 2. The summed E-state index contributed by atoms with van der Waals surface area (Å²) >= 11 is 3.42. The van der Waals surface area contributed by atoms with Crippen LogP contribution in [-0.2, 0) is 6.54 Å². The van der Waals surface area contributed by atoms with E-state index in [2.05, 4.69) is 26.3 Å². The average Bonchev–Trinajstić information content (AvgIpc) is 3.24. The number of furan rings is 1. The van der Waals surface area contributed by atoms with Gasteiger partial charge in [-0.25, -0.2) is 4.68 Å². The van der Waals surface area contributed by atoms with Gasteiger partial charge in [-0.2, -0.15) is 5.10 Å². The maximum Gasteiger partial charge on any atom is 0.292 e. The Balaban J connectivity index is 1.53. The number of hydrogen-bond acceptors (Lipinski definition) is 3. The number of fused-ring (bicyclic) bond motifs is 1. The molecule has 0 atom stereocenters. The van der Waals surface area contributed by atoms with Crippen molar-refractivity contribution >= 4 is 38.6 Å². The van der Waals surface area contributed by atoms with Gasteiger partial charge in [-0.1, -0.05) is 46.3 Å². The van der Waals surface area contributed by atoms with Crippen LogP contribution in [0.2, 0.25) is 0 Å². The number of para-hydroxylation sites is 1. The van der Waals surface area contributed by atoms with Crippen molar-refractivity contribution in [1.82, 2.24) is 9.78 Å². The Hall–Kier alpha value is -2.86. The lowest BCUT2D eigenvalue weighted by atomic mass is 10.2. The average molecular weight is 396 g/mol. The van der Waals surface area contributed by atoms with E-state index in [9.17, 15) is 4.79 Å². The highest BCUT2D eigenvalue weighted by Gasteiger charge is 2.14. The van der Waals surface area contributed by atoms with Gasteiger partial charge in [0, 0.05) is 15.9 Å². The molecule has 2 aromatic carbocycles. The maximum atomic E-state index is 12.5. The molecule has 2 aromatic heterocycles. The van der Waals surface area contributed by atoms with E-state index in [0.29, 0.717) is 17.9 Å². The minimum atomic E-state index is -0.297. The molecule has 0 unspecified atom stereocenters. The van der Waals surface area contributed by atoms with Gasteiger partial charge in [-0.3, -0.25) is 4.79 Å². The summed E-state index contributed by atoms with van der Waals surface area (Å²) in [5.74, 6) is 0.597. The van der Waals surface area contributed by atoms with Crippen LogP contribution in [0.3, 0.4) is 0 Å². The van der Waals surface area contributed by atoms with Crippen LogP contribution >= 0.6 is 15.9 Å². The Labute approximate surface area is 152 Å². The molecule has 4 aromatic rings. The van der Waals surface area contributed by atoms with E-state index in [1.807, 2.05) is 48.5 Å². The van der Waals surface area contributed by atoms with Crippen LogP contribution in [0.4, 0.5) is 5.82 Å². The third-order valence-electron chi connectivity index (χ3n) is 3.85. The standard InChI is InChI=1S/C19H14BrN3O2/c20-15-7-5-13(6-8-15)12-23-18(9-10-21-23)22-19(24)17-11-14-3-1-2-4-16(14)25-17/h1-11H,12H2,(H,22,24). The molecular formula is C19H14BrN3O2. The van der Waals surface area contributed by atoms with Crippen molar-refractivity contribution in [3.63, 3.8) is 0 Å². The number of carbonyl (C=O) groups is 1. The highest BCUT2D eigenvalue weighted by molar-refractivity contribution is 9.10. The molecule has 4 rings (SSSR count). The van der Waals surface area contributed by atoms with Crippen LogP contribution in [0, 0.1) is 0 Å². The smallest absolute Gasteiger partial charge is 0.292 e. The summed E-state index contributed by atoms with van der Waals surface area (Å²) in [4.78, 5) is 12.5. The van der Waals surface area contributed by atoms with Crippen LogP contribution in [-0.4, -0.2) is 15.7 Å². The number of halogens is 1. The molecule has 25 heavy (non-hydrogen) atoms. The molecule has 2 heterocycles. The van der Waals surface area contributed by atoms with E-state index >= 15 is 0 Å². The van der Waals surface area contributed by atoms with Crippen molar-refractivity contribution in [2.24, 2.45) is 0 Å². The van der Waals surface area contributed by atoms with Gasteiger partial charge in [0.1, 0.15) is 11.4 Å². The van der Waals surface area contributed by atoms with Crippen molar-refractivity contribution in [1.29, 1.82) is 0 Å². The summed E-state index contributed by atoms with van der Waals surface area (Å²) in [6, 6.07) is 19.0. The number of rotatable bonds is 4. The van der Waals surface area contributed by atoms with Crippen molar-refractivity contribution in [2.45, 2.75) is 6.54 Å². The predicted octanol–water partition coefficient (Wildman–Crippen LogP) is 4.69. The van der Waals surface area contributed by atoms with Gasteiger partial charge in [0.15, 0.2) is 5.76 Å². The van der Waals surface area contributed by atoms with E-state index < -0.39 is 0 Å². The lowest BCUT2D eigenvalue weighted by Gasteiger charge is -2.08. The highest BCUT2D eigenvalue weighted by Crippen LogP contribution is 2.20. The van der Waals surface area contributed by atoms with Gasteiger partial charge in [-0.05, 0) is 29.8 Å². The first-order valence-corrected chi connectivity index (χ1v) is 8.54. The minimum Gasteiger partial charge on any atom is -0.451 e. The molecule has 0 radical (unpaired) electrons. The molecule has 0 spiro atoms. The van der Waals surface area contributed by atoms with E-state index in [-0.39, 0.29) is 11.7 Å². The molecule has 6 heteroatoms. The monoisotopic (exact) mass is 395 g/mol. The SMILES string of the molecule is O=C(Nc1ccnn1Cc1ccc(Br)cc1)c1cc2ccccc2o1. The first-order valence-electron chi connectivity index (χ1n) is 7.75. The first kappa shape index (κ1) is 15.7. The number of carbonyl (C=O) groups excluding carboxylic acids is 1. The van der Waals surface area contributed by atoms with Crippen LogP contribution in [0.5, 0.6) is 0 Å². The summed E-state index contributed by atoms with van der Waals surface area (Å²) in [6.45, 7) is 0.565. The largest absolute Gasteiger partial charge is 0.451 e. The molecule has 1 N–H and O–H groups in total. The summed E-state index contributed by atoms with van der Waals surface area (Å²) in [5.41, 5.74) is 1.78. The molecule has 0 saturated carbocycles. The second-order valence-electron chi connectivity index (χ2n) is 5.60. The molecular weight excluding hydrogens is 382 g/mol. The lowest BCUT2D eigenvalue weighted by Crippen LogP contribution is -2.15. The molecule has 0 fully saturated rings. The normalized spacial score (nSPS) is 10.9. The van der Waals surface area contributed by atoms with Gasteiger partial charge >= 0.3 is 0 Å². The fourth-order valence-electron chi connectivity index (χ4n) is 2.60. The lowest BCUT2D eigenvalue weighted by molar-refractivity contribution is 0.0997. The van der Waals surface area contributed by atoms with E-state index in [4.69, 9.17) is 4.42 Å². The van der Waals surface area contributed by atoms with Gasteiger partial charge in [0.25, 0.3) is 5.91 Å². The number of amides is 1. The summed E-state index contributed by atoms with van der Waals surface area (Å²) in [7, 11) is 0. The van der Waals surface area contributed by atoms with Crippen molar-refractivity contribution in [3.8, 4) is 0 Å². The number of hydrogen-bond donors (Lipinski definition) is 1. The zero-order valence-corrected chi connectivity index (χ0v) is 14.7. The van der Waals surface area contributed by atoms with Crippen LogP contribution in [0.1, 0.15) is 16.1 Å². The molecule has 0 saturated heterocycles. The minimum absolute atomic E-state index is 0.276. The maximum absolute atomic E-state index is 12.5. The molecule has 0 aliphatic carbocycles. The molecule has 0 aliphatic rings. The summed E-state index contributed by atoms with van der Waals surface area (Å²) in [6.07, 6.45) is 1.66. The van der Waals surface area contributed by atoms with Crippen molar-refractivity contribution in [2.75, 3.05) is 5.32 Å². The van der Waals surface area contributed by atoms with E-state index in [0.717, 1.165) is 15.4 Å². The zero-order valence-electron chi connectivity index (χ0n) is 13.1. The second-order valence-corrected chi connectivity index (χ2v) is 6.52. The van der Waals surface area contributed by atoms with Crippen LogP contribution < -0.4 is 5.32 Å². The Morgan fingerprint density at radius 3 is 2.72 bits per heavy atom. The van der Waals surface area contributed by atoms with Crippen molar-refractivity contribution in [3.05, 3.63) is 82.7 Å². The Bertz CT molecular complexity index is 1000. The highest BCUT2D eigenvalue weighted by atomic mass is 79.9. The van der Waals surface area contributed by atoms with Gasteiger partial charge < -0.3 is 9.73 Å². The Kier molecular flexibility index (Phi) is 4.11. The van der Waals surface area contributed by atoms with Crippen molar-refractivity contribution < 1.29 is 9.21 Å². The fraction of sp³-hybridized carbons (Fsp3) is 0.0526. The van der Waals surface area contributed by atoms with E-state index in [1.54, 1.807) is 23.0 Å². The third kappa shape index (κ3) is 3.34. The van der Waals surface area contributed by atoms with Gasteiger partial charge in [-0.15, -0.1) is 0 Å². The molecule has 0 aliphatic heterocycles. The number of nitrogens with one attached hydrogen (secondary N) is 1. The fourth-order valence-corrected chi connectivity index (χ4v) is 2.86. The first-order chi connectivity index (χ1) is 12.2. The summed E-state index contributed by atoms with van der Waals surface area (Å²) in [5, 5.41) is 8.04. The quantitative estimate of drug-likeness (QED) is 0.544. The summed E-state index contributed by atoms with van der Waals surface area (Å²) < 4.78 is 8.37. The number of nitrogens with zero attached hydrogens (tertiary/aromatic N) is 2. The van der Waals surface area contributed by atoms with Gasteiger partial charge in [0.2, 0.25) is 0 Å². The molecule has 124 valence electrons. The third-order valence-corrected chi connectivity index (χ3v) is 4.38. The van der Waals surface area contributed by atoms with E-state index in [1.165, 1.54) is 0 Å². The van der Waals surface area contributed by atoms with Crippen LogP contribution in [0.15, 0.2) is 75.8 Å². The topological polar surface area (TPSA) is 60.1 Å². The second kappa shape index (κ2) is 6.57. The molecule has 5 nitrogen and oxygen atoms in total. The number of anilines is 1.